The Labute approximate surface area is 241 Å². The Morgan fingerprint density at radius 1 is 1.05 bits per heavy atom. The minimum Gasteiger partial charge on any atom is -0.378 e. The number of fused-ring (bicyclic) bond motifs is 3. The quantitative estimate of drug-likeness (QED) is 0.217. The number of hydrogen-bond donors (Lipinski definition) is 3. The van der Waals surface area contributed by atoms with Crippen LogP contribution in [0, 0.1) is 5.92 Å². The summed E-state index contributed by atoms with van der Waals surface area (Å²) >= 11 is 1.54. The molecule has 9 heteroatoms. The minimum atomic E-state index is 0.0409. The Balaban J connectivity index is 1.17. The van der Waals surface area contributed by atoms with Crippen LogP contribution in [0.15, 0.2) is 59.5 Å². The number of rotatable bonds is 6. The van der Waals surface area contributed by atoms with Gasteiger partial charge in [0.1, 0.15) is 11.5 Å². The van der Waals surface area contributed by atoms with Crippen molar-refractivity contribution in [2.24, 2.45) is 10.9 Å². The van der Waals surface area contributed by atoms with Gasteiger partial charge >= 0.3 is 0 Å². The van der Waals surface area contributed by atoms with E-state index in [0.29, 0.717) is 12.6 Å². The lowest BCUT2D eigenvalue weighted by atomic mass is 9.93. The number of benzene rings is 1. The van der Waals surface area contributed by atoms with Crippen LogP contribution in [-0.4, -0.2) is 45.4 Å². The number of ketones is 1. The number of nitrogens with zero attached hydrogens (tertiary/aromatic N) is 3. The van der Waals surface area contributed by atoms with Gasteiger partial charge in [-0.3, -0.25) is 19.6 Å². The van der Waals surface area contributed by atoms with Crippen LogP contribution in [-0.2, 0) is 11.2 Å². The molecule has 2 fully saturated rings. The van der Waals surface area contributed by atoms with E-state index in [0.717, 1.165) is 80.6 Å². The number of nitrogens with one attached hydrogen (secondary N) is 3. The van der Waals surface area contributed by atoms with Crippen LogP contribution >= 0.6 is 11.3 Å². The number of hydrogen-bond acceptors (Lipinski definition) is 7. The summed E-state index contributed by atoms with van der Waals surface area (Å²) in [4.78, 5) is 43.9. The van der Waals surface area contributed by atoms with Gasteiger partial charge in [0.25, 0.3) is 0 Å². The summed E-state index contributed by atoms with van der Waals surface area (Å²) in [6.07, 6.45) is 9.36. The zero-order valence-corrected chi connectivity index (χ0v) is 23.3. The summed E-state index contributed by atoms with van der Waals surface area (Å²) in [5.41, 5.74) is 9.40. The number of pyridine rings is 1. The van der Waals surface area contributed by atoms with E-state index in [-0.39, 0.29) is 23.5 Å². The first-order chi connectivity index (χ1) is 20.0. The summed E-state index contributed by atoms with van der Waals surface area (Å²) < 4.78 is 0. The van der Waals surface area contributed by atoms with Gasteiger partial charge in [0.2, 0.25) is 5.91 Å². The molecule has 3 aromatic heterocycles. The maximum absolute atomic E-state index is 12.3. The molecule has 8 nitrogen and oxygen atoms in total. The zero-order valence-electron chi connectivity index (χ0n) is 22.5. The monoisotopic (exact) mass is 560 g/mol. The summed E-state index contributed by atoms with van der Waals surface area (Å²) in [5.74, 6) is 1.18. The number of thiophene rings is 1. The fourth-order valence-electron chi connectivity index (χ4n) is 5.95. The second-order valence-corrected chi connectivity index (χ2v) is 12.4. The van der Waals surface area contributed by atoms with Crippen molar-refractivity contribution >= 4 is 40.5 Å². The normalized spacial score (nSPS) is 20.4. The standard InChI is InChI=1S/C32H28N6O2S/c1-16(39)26-8-9-27(41-26)23-14-34-15-25-29(23)38-31(37-25)28-22-11-19(5-2-17(22)6-7-24-30(28)36-24)20-10-21(13-33-12-20)35-32(40)18-3-4-18/h2,5,8-13,15,18,23-24,36H,3-4,6-7,14H2,1H3,(H,35,40)(H,37,38). The van der Waals surface area contributed by atoms with Crippen molar-refractivity contribution in [3.63, 3.8) is 0 Å². The summed E-state index contributed by atoms with van der Waals surface area (Å²) in [5, 5.41) is 6.62. The zero-order chi connectivity index (χ0) is 27.7. The number of aryl methyl sites for hydroxylation is 1. The van der Waals surface area contributed by atoms with E-state index >= 15 is 0 Å². The number of Topliss-reactive ketones (excluding diaryl/α,β-unsaturated/α-hetero) is 1. The Bertz CT molecular complexity index is 1810. The molecule has 0 bridgehead atoms. The predicted octanol–water partition coefficient (Wildman–Crippen LogP) is 5.33. The molecule has 5 heterocycles. The van der Waals surface area contributed by atoms with E-state index in [9.17, 15) is 9.59 Å². The first-order valence-corrected chi connectivity index (χ1v) is 14.9. The van der Waals surface area contributed by atoms with Crippen molar-refractivity contribution in [1.82, 2.24) is 20.3 Å². The molecule has 4 aromatic rings. The van der Waals surface area contributed by atoms with Crippen molar-refractivity contribution in [2.45, 2.75) is 44.6 Å². The average Bonchev–Trinajstić information content (AvgIpc) is 3.87. The number of anilines is 1. The Kier molecular flexibility index (Phi) is 5.57. The molecule has 4 aliphatic rings. The maximum atomic E-state index is 12.3. The van der Waals surface area contributed by atoms with E-state index in [1.807, 2.05) is 30.6 Å². The predicted molar refractivity (Wildman–Crippen MR) is 160 cm³/mol. The maximum Gasteiger partial charge on any atom is 0.227 e. The number of carbonyl (C=O) groups is 2. The molecule has 1 saturated heterocycles. The molecule has 0 spiro atoms. The number of amides is 1. The average molecular weight is 561 g/mol. The van der Waals surface area contributed by atoms with Gasteiger partial charge in [-0.15, -0.1) is 11.3 Å². The van der Waals surface area contributed by atoms with Crippen molar-refractivity contribution in [3.8, 4) is 11.1 Å². The first-order valence-electron chi connectivity index (χ1n) is 14.1. The van der Waals surface area contributed by atoms with Crippen LogP contribution in [0.1, 0.15) is 75.0 Å². The van der Waals surface area contributed by atoms with Crippen molar-refractivity contribution in [3.05, 3.63) is 92.6 Å². The molecule has 2 atom stereocenters. The smallest absolute Gasteiger partial charge is 0.227 e. The molecule has 2 aliphatic heterocycles. The third-order valence-electron chi connectivity index (χ3n) is 8.40. The molecule has 1 amide bonds. The van der Waals surface area contributed by atoms with Gasteiger partial charge < -0.3 is 15.6 Å². The third-order valence-corrected chi connectivity index (χ3v) is 9.70. The molecular weight excluding hydrogens is 532 g/mol. The highest BCUT2D eigenvalue weighted by molar-refractivity contribution is 7.14. The molecule has 0 radical (unpaired) electrons. The lowest BCUT2D eigenvalue weighted by Gasteiger charge is -2.15. The van der Waals surface area contributed by atoms with E-state index in [4.69, 9.17) is 4.98 Å². The molecule has 41 heavy (non-hydrogen) atoms. The largest absolute Gasteiger partial charge is 0.378 e. The third kappa shape index (κ3) is 4.41. The molecule has 2 unspecified atom stereocenters. The Morgan fingerprint density at radius 3 is 2.78 bits per heavy atom. The van der Waals surface area contributed by atoms with E-state index in [2.05, 4.69) is 43.8 Å². The van der Waals surface area contributed by atoms with Crippen LogP contribution in [0.3, 0.4) is 0 Å². The topological polar surface area (TPSA) is 122 Å². The van der Waals surface area contributed by atoms with E-state index in [1.165, 1.54) is 22.6 Å². The SMILES string of the molecule is CC(=O)c1ccc(C2CN=Cc3nc(C4=C5NC5CCc5ccc(-c6cncc(NC(=O)C7CC7)c6)cc54)[nH]c32)s1. The number of aromatic amines is 1. The second kappa shape index (κ2) is 9.34. The van der Waals surface area contributed by atoms with Gasteiger partial charge in [0.05, 0.1) is 41.0 Å². The molecule has 204 valence electrons. The Hall–Kier alpha value is -4.37. The highest BCUT2D eigenvalue weighted by Gasteiger charge is 2.38. The van der Waals surface area contributed by atoms with Crippen molar-refractivity contribution in [2.75, 3.05) is 11.9 Å². The van der Waals surface area contributed by atoms with Gasteiger partial charge in [-0.2, -0.15) is 0 Å². The van der Waals surface area contributed by atoms with Gasteiger partial charge in [0, 0.05) is 40.0 Å². The number of aromatic nitrogens is 3. The number of carbonyl (C=O) groups excluding carboxylic acids is 2. The molecular formula is C32H28N6O2S. The lowest BCUT2D eigenvalue weighted by Crippen LogP contribution is -2.13. The van der Waals surface area contributed by atoms with Crippen LogP contribution in [0.5, 0.6) is 0 Å². The highest BCUT2D eigenvalue weighted by atomic mass is 32.1. The first kappa shape index (κ1) is 24.4. The van der Waals surface area contributed by atoms with Gasteiger partial charge in [0.15, 0.2) is 5.78 Å². The van der Waals surface area contributed by atoms with Gasteiger partial charge in [-0.05, 0) is 73.6 Å². The summed E-state index contributed by atoms with van der Waals surface area (Å²) in [6.45, 7) is 2.23. The second-order valence-electron chi connectivity index (χ2n) is 11.3. The highest BCUT2D eigenvalue weighted by Crippen LogP contribution is 2.42. The van der Waals surface area contributed by atoms with Gasteiger partial charge in [-0.1, -0.05) is 12.1 Å². The van der Waals surface area contributed by atoms with E-state index < -0.39 is 0 Å². The molecule has 1 saturated carbocycles. The van der Waals surface area contributed by atoms with Crippen LogP contribution in [0.4, 0.5) is 5.69 Å². The fraction of sp³-hybridized carbons (Fsp3) is 0.281. The van der Waals surface area contributed by atoms with Crippen LogP contribution in [0.25, 0.3) is 16.7 Å². The summed E-state index contributed by atoms with van der Waals surface area (Å²) in [7, 11) is 0. The van der Waals surface area contributed by atoms with Gasteiger partial charge in [-0.25, -0.2) is 4.98 Å². The Morgan fingerprint density at radius 2 is 1.95 bits per heavy atom. The lowest BCUT2D eigenvalue weighted by molar-refractivity contribution is -0.117. The summed E-state index contributed by atoms with van der Waals surface area (Å²) in [6, 6.07) is 12.9. The number of imidazole rings is 1. The number of aliphatic imine (C=N–C) groups is 1. The fourth-order valence-corrected chi connectivity index (χ4v) is 6.96. The minimum absolute atomic E-state index is 0.0409. The van der Waals surface area contributed by atoms with Crippen LogP contribution < -0.4 is 10.6 Å². The van der Waals surface area contributed by atoms with E-state index in [1.54, 1.807) is 13.1 Å². The van der Waals surface area contributed by atoms with Crippen LogP contribution in [0.2, 0.25) is 0 Å². The molecule has 3 N–H and O–H groups in total. The van der Waals surface area contributed by atoms with Crippen molar-refractivity contribution < 1.29 is 9.59 Å². The molecule has 1 aromatic carbocycles. The molecule has 2 aliphatic carbocycles. The number of H-pyrrole nitrogens is 1. The van der Waals surface area contributed by atoms with Crippen molar-refractivity contribution in [1.29, 1.82) is 0 Å². The molecule has 8 rings (SSSR count).